The van der Waals surface area contributed by atoms with Crippen molar-refractivity contribution in [1.82, 2.24) is 9.55 Å². The minimum absolute atomic E-state index is 0. The van der Waals surface area contributed by atoms with Crippen LogP contribution in [0.4, 0.5) is 0 Å². The topological polar surface area (TPSA) is 48.6 Å². The first kappa shape index (κ1) is 30.4. The Hall–Kier alpha value is -4.21. The van der Waals surface area contributed by atoms with E-state index in [2.05, 4.69) is 126 Å². The zero-order chi connectivity index (χ0) is 31.3. The van der Waals surface area contributed by atoms with Crippen molar-refractivity contribution in [2.24, 2.45) is 4.99 Å². The number of aliphatic imine (C=N–C) groups is 1. The number of hydrogen-bond acceptors (Lipinski definition) is 4. The number of ether oxygens (including phenoxy) is 2. The maximum Gasteiger partial charge on any atom is 2.00 e. The van der Waals surface area contributed by atoms with Crippen molar-refractivity contribution < 1.29 is 30.5 Å². The van der Waals surface area contributed by atoms with E-state index in [9.17, 15) is 0 Å². The van der Waals surface area contributed by atoms with Crippen LogP contribution in [0.15, 0.2) is 90.1 Å². The van der Waals surface area contributed by atoms with Crippen LogP contribution < -0.4 is 4.74 Å². The number of pyridine rings is 1. The number of benzene rings is 4. The SMILES string of the molecule is Cc1cc(Oc2[c-]c(-n3c4ccc(C)cc4c4cccnc43)cc(C)c2)[c-]c(C2=N[C@]3(C)c4ccccc4C(C)(C)[C@]3(C)O2)c1.[Pt+2]. The Labute approximate surface area is 284 Å². The molecule has 8 rings (SSSR count). The molecule has 2 atom stereocenters. The van der Waals surface area contributed by atoms with Crippen LogP contribution in [-0.4, -0.2) is 21.0 Å². The number of hydrogen-bond donors (Lipinski definition) is 0. The van der Waals surface area contributed by atoms with E-state index in [0.29, 0.717) is 17.4 Å². The van der Waals surface area contributed by atoms with Crippen molar-refractivity contribution in [3.05, 3.63) is 131 Å². The molecule has 3 heterocycles. The molecule has 0 saturated carbocycles. The third-order valence-electron chi connectivity index (χ3n) is 10.2. The van der Waals surface area contributed by atoms with Crippen LogP contribution in [0.3, 0.4) is 0 Å². The summed E-state index contributed by atoms with van der Waals surface area (Å²) < 4.78 is 15.5. The van der Waals surface area contributed by atoms with Gasteiger partial charge in [0.15, 0.2) is 0 Å². The van der Waals surface area contributed by atoms with E-state index >= 15 is 0 Å². The fourth-order valence-electron chi connectivity index (χ4n) is 7.51. The maximum absolute atomic E-state index is 6.84. The summed E-state index contributed by atoms with van der Waals surface area (Å²) in [5.41, 5.74) is 8.13. The van der Waals surface area contributed by atoms with Crippen molar-refractivity contribution in [1.29, 1.82) is 0 Å². The zero-order valence-electron chi connectivity index (χ0n) is 27.1. The van der Waals surface area contributed by atoms with Crippen LogP contribution in [0, 0.1) is 32.9 Å². The second-order valence-electron chi connectivity index (χ2n) is 13.5. The predicted molar refractivity (Wildman–Crippen MR) is 180 cm³/mol. The minimum Gasteiger partial charge on any atom is -0.510 e. The molecule has 2 aliphatic rings. The van der Waals surface area contributed by atoms with Gasteiger partial charge in [0.1, 0.15) is 22.7 Å². The molecule has 0 radical (unpaired) electrons. The number of fused-ring (bicyclic) bond motifs is 6. The van der Waals surface area contributed by atoms with Crippen molar-refractivity contribution in [2.45, 2.75) is 65.0 Å². The predicted octanol–water partition coefficient (Wildman–Crippen LogP) is 9.24. The van der Waals surface area contributed by atoms with Gasteiger partial charge in [0.25, 0.3) is 0 Å². The Bertz CT molecular complexity index is 2230. The molecule has 1 aliphatic carbocycles. The Morgan fingerprint density at radius 3 is 2.24 bits per heavy atom. The molecular weight excluding hydrogens is 750 g/mol. The standard InChI is InChI=1S/C40H35N3O2.Pt/c1-24-14-15-35-32(21-24)31-11-10-16-41-36(31)43(35)28-18-26(3)20-30(23-28)44-29-19-25(2)17-27(22-29)37-42-39(6)34-13-9-8-12-33(34)38(4,5)40(39,7)45-37;/h8-21H,1-7H3;/q-2;+2/t39-,40+;/m1./s1. The van der Waals surface area contributed by atoms with Gasteiger partial charge in [-0.2, -0.15) is 5.56 Å². The van der Waals surface area contributed by atoms with E-state index in [1.54, 1.807) is 0 Å². The molecule has 4 aromatic carbocycles. The van der Waals surface area contributed by atoms with E-state index in [4.69, 9.17) is 19.5 Å². The zero-order valence-corrected chi connectivity index (χ0v) is 29.3. The van der Waals surface area contributed by atoms with E-state index < -0.39 is 11.1 Å². The summed E-state index contributed by atoms with van der Waals surface area (Å²) >= 11 is 0. The van der Waals surface area contributed by atoms with Crippen molar-refractivity contribution >= 4 is 27.8 Å². The summed E-state index contributed by atoms with van der Waals surface area (Å²) in [7, 11) is 0. The largest absolute Gasteiger partial charge is 2.00 e. The first-order valence-electron chi connectivity index (χ1n) is 15.5. The normalized spacial score (nSPS) is 21.0. The molecule has 0 spiro atoms. The molecule has 6 heteroatoms. The molecule has 0 amide bonds. The van der Waals surface area contributed by atoms with Crippen molar-refractivity contribution in [2.75, 3.05) is 0 Å². The van der Waals surface area contributed by atoms with Gasteiger partial charge in [0, 0.05) is 33.9 Å². The average molecular weight is 785 g/mol. The number of nitrogens with zero attached hydrogens (tertiary/aromatic N) is 3. The summed E-state index contributed by atoms with van der Waals surface area (Å²) in [5.74, 6) is 1.79. The molecule has 0 N–H and O–H groups in total. The number of rotatable bonds is 4. The van der Waals surface area contributed by atoms with Crippen molar-refractivity contribution in [3.63, 3.8) is 0 Å². The van der Waals surface area contributed by atoms with Crippen LogP contribution in [-0.2, 0) is 36.8 Å². The fraction of sp³-hybridized carbons (Fsp3) is 0.250. The van der Waals surface area contributed by atoms with Gasteiger partial charge in [0.05, 0.1) is 5.52 Å². The van der Waals surface area contributed by atoms with E-state index in [1.165, 1.54) is 22.1 Å². The molecule has 2 aromatic heterocycles. The van der Waals surface area contributed by atoms with E-state index in [1.807, 2.05) is 24.4 Å². The second-order valence-corrected chi connectivity index (χ2v) is 13.5. The summed E-state index contributed by atoms with van der Waals surface area (Å²) in [5, 5.41) is 2.28. The molecule has 0 saturated heterocycles. The molecule has 232 valence electrons. The molecule has 1 aliphatic heterocycles. The van der Waals surface area contributed by atoms with Crippen molar-refractivity contribution in [3.8, 4) is 17.2 Å². The van der Waals surface area contributed by atoms with Gasteiger partial charge in [-0.05, 0) is 56.2 Å². The van der Waals surface area contributed by atoms with Gasteiger partial charge < -0.3 is 14.0 Å². The monoisotopic (exact) mass is 784 g/mol. The third kappa shape index (κ3) is 4.24. The molecule has 5 nitrogen and oxygen atoms in total. The molecule has 6 aromatic rings. The molecule has 46 heavy (non-hydrogen) atoms. The Kier molecular flexibility index (Phi) is 6.88. The van der Waals surface area contributed by atoms with E-state index in [-0.39, 0.29) is 26.5 Å². The summed E-state index contributed by atoms with van der Waals surface area (Å²) in [6, 6.07) is 34.4. The first-order valence-corrected chi connectivity index (χ1v) is 15.5. The van der Waals surface area contributed by atoms with Gasteiger partial charge in [-0.3, -0.25) is 4.99 Å². The average Bonchev–Trinajstić information content (AvgIpc) is 3.52. The van der Waals surface area contributed by atoms with Crippen LogP contribution in [0.1, 0.15) is 61.1 Å². The second kappa shape index (κ2) is 10.4. The summed E-state index contributed by atoms with van der Waals surface area (Å²) in [4.78, 5) is 10.0. The molecule has 0 fully saturated rings. The van der Waals surface area contributed by atoms with Crippen LogP contribution >= 0.6 is 0 Å². The number of aromatic nitrogens is 2. The van der Waals surface area contributed by atoms with E-state index in [0.717, 1.165) is 38.9 Å². The third-order valence-corrected chi connectivity index (χ3v) is 10.2. The maximum atomic E-state index is 6.84. The Morgan fingerprint density at radius 1 is 0.739 bits per heavy atom. The molecule has 0 unspecified atom stereocenters. The molecule has 0 bridgehead atoms. The number of aryl methyl sites for hydroxylation is 3. The van der Waals surface area contributed by atoms with Gasteiger partial charge in [-0.15, -0.1) is 29.8 Å². The Morgan fingerprint density at radius 2 is 1.46 bits per heavy atom. The quantitative estimate of drug-likeness (QED) is 0.168. The van der Waals surface area contributed by atoms with Crippen LogP contribution in [0.5, 0.6) is 11.5 Å². The van der Waals surface area contributed by atoms with Gasteiger partial charge in [-0.25, -0.2) is 4.98 Å². The first-order chi connectivity index (χ1) is 21.5. The minimum atomic E-state index is -0.550. The van der Waals surface area contributed by atoms with Gasteiger partial charge >= 0.3 is 21.1 Å². The van der Waals surface area contributed by atoms with Gasteiger partial charge in [0.2, 0.25) is 0 Å². The smallest absolute Gasteiger partial charge is 0.510 e. The van der Waals surface area contributed by atoms with Gasteiger partial charge in [-0.1, -0.05) is 87.0 Å². The van der Waals surface area contributed by atoms with Crippen LogP contribution in [0.25, 0.3) is 27.6 Å². The summed E-state index contributed by atoms with van der Waals surface area (Å²) in [6.45, 7) is 15.1. The van der Waals surface area contributed by atoms with Crippen LogP contribution in [0.2, 0.25) is 0 Å². The summed E-state index contributed by atoms with van der Waals surface area (Å²) in [6.07, 6.45) is 1.84. The fourth-order valence-corrected chi connectivity index (χ4v) is 7.51. The Balaban J connectivity index is 0.00000338. The molecular formula is C40H35N3O2Pt.